The van der Waals surface area contributed by atoms with Gasteiger partial charge in [-0.15, -0.1) is 0 Å². The molecule has 0 saturated heterocycles. The van der Waals surface area contributed by atoms with Crippen molar-refractivity contribution in [3.8, 4) is 0 Å². The van der Waals surface area contributed by atoms with Crippen LogP contribution in [0.25, 0.3) is 0 Å². The van der Waals surface area contributed by atoms with Crippen LogP contribution in [0.2, 0.25) is 5.02 Å². The Morgan fingerprint density at radius 2 is 1.69 bits per heavy atom. The Bertz CT molecular complexity index is 1130. The van der Waals surface area contributed by atoms with Crippen molar-refractivity contribution in [3.63, 3.8) is 0 Å². The molecule has 0 saturated carbocycles. The lowest BCUT2D eigenvalue weighted by Gasteiger charge is -2.33. The van der Waals surface area contributed by atoms with E-state index in [1.54, 1.807) is 25.1 Å². The Balaban J connectivity index is 2.45. The van der Waals surface area contributed by atoms with Gasteiger partial charge in [0.25, 0.3) is 0 Å². The second kappa shape index (κ2) is 12.4. The quantitative estimate of drug-likeness (QED) is 0.477. The minimum absolute atomic E-state index is 0.179. The molecule has 0 spiro atoms. The number of halogens is 1. The number of nitrogens with one attached hydrogen (secondary N) is 1. The van der Waals surface area contributed by atoms with E-state index in [9.17, 15) is 18.0 Å². The molecule has 2 aromatic rings. The van der Waals surface area contributed by atoms with Crippen LogP contribution in [0.3, 0.4) is 0 Å². The van der Waals surface area contributed by atoms with Crippen LogP contribution in [0.15, 0.2) is 42.5 Å². The SMILES string of the molecule is CC[C@H](C(=O)NCC(C)C)N(Cc1ccc(C)cc1)C(=O)CN(c1cccc(Cl)c1C)S(C)(=O)=O. The van der Waals surface area contributed by atoms with Gasteiger partial charge in [0.05, 0.1) is 11.9 Å². The summed E-state index contributed by atoms with van der Waals surface area (Å²) in [7, 11) is -3.81. The van der Waals surface area contributed by atoms with E-state index in [0.717, 1.165) is 21.7 Å². The Morgan fingerprint density at radius 1 is 1.06 bits per heavy atom. The first-order chi connectivity index (χ1) is 16.3. The van der Waals surface area contributed by atoms with Gasteiger partial charge in [-0.05, 0) is 49.4 Å². The monoisotopic (exact) mass is 521 g/mol. The Kier molecular flexibility index (Phi) is 10.2. The summed E-state index contributed by atoms with van der Waals surface area (Å²) < 4.78 is 26.5. The Labute approximate surface area is 214 Å². The zero-order valence-corrected chi connectivity index (χ0v) is 22.9. The first kappa shape index (κ1) is 28.7. The van der Waals surface area contributed by atoms with Crippen molar-refractivity contribution in [1.82, 2.24) is 10.2 Å². The van der Waals surface area contributed by atoms with Crippen LogP contribution in [0.5, 0.6) is 0 Å². The van der Waals surface area contributed by atoms with Gasteiger partial charge >= 0.3 is 0 Å². The molecule has 0 unspecified atom stereocenters. The number of anilines is 1. The van der Waals surface area contributed by atoms with Gasteiger partial charge in [-0.3, -0.25) is 13.9 Å². The first-order valence-corrected chi connectivity index (χ1v) is 13.9. The summed E-state index contributed by atoms with van der Waals surface area (Å²) in [5.41, 5.74) is 2.82. The molecule has 192 valence electrons. The van der Waals surface area contributed by atoms with Gasteiger partial charge in [0.15, 0.2) is 0 Å². The molecule has 2 rings (SSSR count). The topological polar surface area (TPSA) is 86.8 Å². The number of nitrogens with zero attached hydrogens (tertiary/aromatic N) is 2. The standard InChI is InChI=1S/C26H36ClN3O4S/c1-7-23(26(32)28-15-18(2)3)29(16-21-13-11-19(4)12-14-21)25(31)17-30(35(6,33)34)24-10-8-9-22(27)20(24)5/h8-14,18,23H,7,15-17H2,1-6H3,(H,28,32)/t23-/m1/s1. The molecule has 0 heterocycles. The summed E-state index contributed by atoms with van der Waals surface area (Å²) in [6.45, 7) is 9.72. The van der Waals surface area contributed by atoms with Crippen LogP contribution in [0.1, 0.15) is 43.9 Å². The molecular formula is C26H36ClN3O4S. The molecule has 1 atom stereocenters. The van der Waals surface area contributed by atoms with E-state index >= 15 is 0 Å². The summed E-state index contributed by atoms with van der Waals surface area (Å²) in [5, 5.41) is 3.32. The van der Waals surface area contributed by atoms with Crippen LogP contribution >= 0.6 is 11.6 Å². The molecule has 2 amide bonds. The van der Waals surface area contributed by atoms with E-state index in [1.807, 2.05) is 52.0 Å². The molecule has 0 bridgehead atoms. The molecule has 0 aliphatic heterocycles. The summed E-state index contributed by atoms with van der Waals surface area (Å²) in [6.07, 6.45) is 1.44. The van der Waals surface area contributed by atoms with Crippen LogP contribution in [0.4, 0.5) is 5.69 Å². The third-order valence-electron chi connectivity index (χ3n) is 5.73. The lowest BCUT2D eigenvalue weighted by Crippen LogP contribution is -2.52. The average molecular weight is 522 g/mol. The number of hydrogen-bond acceptors (Lipinski definition) is 4. The van der Waals surface area contributed by atoms with Crippen LogP contribution < -0.4 is 9.62 Å². The molecule has 7 nitrogen and oxygen atoms in total. The smallest absolute Gasteiger partial charge is 0.244 e. The van der Waals surface area contributed by atoms with Crippen molar-refractivity contribution >= 4 is 39.1 Å². The predicted molar refractivity (Wildman–Crippen MR) is 142 cm³/mol. The zero-order valence-electron chi connectivity index (χ0n) is 21.3. The summed E-state index contributed by atoms with van der Waals surface area (Å²) >= 11 is 6.23. The normalized spacial score (nSPS) is 12.3. The number of benzene rings is 2. The third kappa shape index (κ3) is 7.97. The van der Waals surface area contributed by atoms with E-state index in [0.29, 0.717) is 29.2 Å². The minimum atomic E-state index is -3.81. The van der Waals surface area contributed by atoms with E-state index in [2.05, 4.69) is 5.32 Å². The first-order valence-electron chi connectivity index (χ1n) is 11.7. The van der Waals surface area contributed by atoms with Crippen molar-refractivity contribution in [2.75, 3.05) is 23.7 Å². The minimum Gasteiger partial charge on any atom is -0.354 e. The van der Waals surface area contributed by atoms with Crippen molar-refractivity contribution < 1.29 is 18.0 Å². The fraction of sp³-hybridized carbons (Fsp3) is 0.462. The highest BCUT2D eigenvalue weighted by Gasteiger charge is 2.32. The van der Waals surface area contributed by atoms with Crippen LogP contribution in [-0.2, 0) is 26.2 Å². The van der Waals surface area contributed by atoms with Crippen molar-refractivity contribution in [2.45, 2.75) is 53.6 Å². The summed E-state index contributed by atoms with van der Waals surface area (Å²) in [5.74, 6) is -0.474. The molecule has 0 aromatic heterocycles. The summed E-state index contributed by atoms with van der Waals surface area (Å²) in [6, 6.07) is 11.9. The zero-order chi connectivity index (χ0) is 26.3. The van der Waals surface area contributed by atoms with Gasteiger partial charge in [0.1, 0.15) is 12.6 Å². The third-order valence-corrected chi connectivity index (χ3v) is 7.27. The van der Waals surface area contributed by atoms with Crippen LogP contribution in [-0.4, -0.2) is 50.5 Å². The second-order valence-corrected chi connectivity index (χ2v) is 11.5. The molecular weight excluding hydrogens is 486 g/mol. The highest BCUT2D eigenvalue weighted by Crippen LogP contribution is 2.28. The maximum absolute atomic E-state index is 13.7. The average Bonchev–Trinajstić information content (AvgIpc) is 2.78. The van der Waals surface area contributed by atoms with Gasteiger partial charge in [0, 0.05) is 18.1 Å². The lowest BCUT2D eigenvalue weighted by molar-refractivity contribution is -0.140. The van der Waals surface area contributed by atoms with E-state index < -0.39 is 28.5 Å². The number of hydrogen-bond donors (Lipinski definition) is 1. The highest BCUT2D eigenvalue weighted by molar-refractivity contribution is 7.92. The number of rotatable bonds is 11. The highest BCUT2D eigenvalue weighted by atomic mass is 35.5. The molecule has 0 radical (unpaired) electrons. The maximum Gasteiger partial charge on any atom is 0.244 e. The number of aryl methyl sites for hydroxylation is 1. The molecule has 1 N–H and O–H groups in total. The molecule has 0 aliphatic carbocycles. The van der Waals surface area contributed by atoms with Gasteiger partial charge in [0.2, 0.25) is 21.8 Å². The number of carbonyl (C=O) groups is 2. The maximum atomic E-state index is 13.7. The Morgan fingerprint density at radius 3 is 2.23 bits per heavy atom. The largest absolute Gasteiger partial charge is 0.354 e. The van der Waals surface area contributed by atoms with Gasteiger partial charge in [-0.2, -0.15) is 0 Å². The van der Waals surface area contributed by atoms with E-state index in [4.69, 9.17) is 11.6 Å². The molecule has 9 heteroatoms. The number of amides is 2. The van der Waals surface area contributed by atoms with Crippen molar-refractivity contribution in [1.29, 1.82) is 0 Å². The van der Waals surface area contributed by atoms with Crippen LogP contribution in [0, 0.1) is 19.8 Å². The summed E-state index contributed by atoms with van der Waals surface area (Å²) in [4.78, 5) is 28.2. The lowest BCUT2D eigenvalue weighted by atomic mass is 10.1. The fourth-order valence-corrected chi connectivity index (χ4v) is 4.76. The fourth-order valence-electron chi connectivity index (χ4n) is 3.69. The molecule has 0 fully saturated rings. The molecule has 35 heavy (non-hydrogen) atoms. The van der Waals surface area contributed by atoms with Gasteiger partial charge in [-0.1, -0.05) is 68.3 Å². The van der Waals surface area contributed by atoms with E-state index in [1.165, 1.54) is 4.90 Å². The number of carbonyl (C=O) groups excluding carboxylic acids is 2. The van der Waals surface area contributed by atoms with Gasteiger partial charge < -0.3 is 10.2 Å². The van der Waals surface area contributed by atoms with Gasteiger partial charge in [-0.25, -0.2) is 8.42 Å². The van der Waals surface area contributed by atoms with Crippen molar-refractivity contribution in [3.05, 3.63) is 64.2 Å². The Hall–Kier alpha value is -2.58. The molecule has 2 aromatic carbocycles. The molecule has 0 aliphatic rings. The number of sulfonamides is 1. The predicted octanol–water partition coefficient (Wildman–Crippen LogP) is 4.30. The van der Waals surface area contributed by atoms with Crippen molar-refractivity contribution in [2.24, 2.45) is 5.92 Å². The second-order valence-electron chi connectivity index (χ2n) is 9.22. The van der Waals surface area contributed by atoms with E-state index in [-0.39, 0.29) is 18.4 Å².